The zero-order valence-electron chi connectivity index (χ0n) is 14.0. The molecule has 0 spiro atoms. The second-order valence-electron chi connectivity index (χ2n) is 6.88. The first-order chi connectivity index (χ1) is 10.2. The first-order valence-electron chi connectivity index (χ1n) is 6.87. The Morgan fingerprint density at radius 2 is 1.83 bits per heavy atom. The van der Waals surface area contributed by atoms with Crippen molar-refractivity contribution in [2.75, 3.05) is 6.73 Å². The van der Waals surface area contributed by atoms with E-state index in [-0.39, 0.29) is 9.23 Å². The Hall–Kier alpha value is -0.670. The molecule has 1 aromatic rings. The van der Waals surface area contributed by atoms with E-state index in [2.05, 4.69) is 0 Å². The van der Waals surface area contributed by atoms with Crippen LogP contribution in [0, 0.1) is 5.41 Å². The molecule has 0 bridgehead atoms. The van der Waals surface area contributed by atoms with Gasteiger partial charge >= 0.3 is 5.97 Å². The minimum Gasteiger partial charge on any atom is -0.356 e. The highest BCUT2D eigenvalue weighted by atomic mass is 35.5. The van der Waals surface area contributed by atoms with Crippen LogP contribution in [-0.4, -0.2) is 31.2 Å². The van der Waals surface area contributed by atoms with Gasteiger partial charge in [-0.05, 0) is 53.0 Å². The Bertz CT molecular complexity index is 655. The van der Waals surface area contributed by atoms with Crippen molar-refractivity contribution in [3.8, 4) is 0 Å². The molecular weight excluding hydrogens is 362 g/mol. The zero-order valence-corrected chi connectivity index (χ0v) is 16.4. The number of carbonyl (C=O) groups excluding carboxylic acids is 1. The van der Waals surface area contributed by atoms with Crippen molar-refractivity contribution in [2.24, 2.45) is 5.41 Å². The van der Waals surface area contributed by atoms with Gasteiger partial charge in [-0.2, -0.15) is 0 Å². The average Bonchev–Trinajstić information content (AvgIpc) is 2.78. The van der Waals surface area contributed by atoms with E-state index in [4.69, 9.17) is 21.2 Å². The minimum atomic E-state index is -4.11. The molecule has 0 aliphatic carbocycles. The van der Waals surface area contributed by atoms with Crippen LogP contribution in [0.3, 0.4) is 0 Å². The molecule has 0 aromatic carbocycles. The van der Waals surface area contributed by atoms with Crippen LogP contribution in [0.1, 0.15) is 41.5 Å². The molecule has 0 aliphatic heterocycles. The van der Waals surface area contributed by atoms with Crippen LogP contribution in [0.4, 0.5) is 0 Å². The lowest BCUT2D eigenvalue weighted by Crippen LogP contribution is -2.40. The summed E-state index contributed by atoms with van der Waals surface area (Å²) in [6.45, 7) is 9.75. The molecule has 23 heavy (non-hydrogen) atoms. The Labute approximate surface area is 146 Å². The van der Waals surface area contributed by atoms with E-state index < -0.39 is 33.7 Å². The zero-order chi connectivity index (χ0) is 18.1. The fraction of sp³-hybridized carbons (Fsp3) is 0.643. The largest absolute Gasteiger partial charge is 0.356 e. The maximum Gasteiger partial charge on any atom is 0.331 e. The third kappa shape index (κ3) is 5.72. The van der Waals surface area contributed by atoms with Gasteiger partial charge in [0.05, 0.1) is 16.0 Å². The number of hydroxylamine groups is 1. The molecule has 0 amide bonds. The summed E-state index contributed by atoms with van der Waals surface area (Å²) in [5, 5.41) is 1.62. The van der Waals surface area contributed by atoms with Gasteiger partial charge in [-0.15, -0.1) is 11.3 Å². The van der Waals surface area contributed by atoms with Gasteiger partial charge in [-0.3, -0.25) is 0 Å². The molecule has 0 unspecified atom stereocenters. The molecule has 132 valence electrons. The Balaban J connectivity index is 3.13. The van der Waals surface area contributed by atoms with Gasteiger partial charge in [0, 0.05) is 4.47 Å². The summed E-state index contributed by atoms with van der Waals surface area (Å²) in [4.78, 5) is 17.2. The number of hydrogen-bond acceptors (Lipinski definition) is 6. The average molecular weight is 384 g/mol. The Morgan fingerprint density at radius 3 is 2.22 bits per heavy atom. The van der Waals surface area contributed by atoms with Crippen molar-refractivity contribution in [3.63, 3.8) is 0 Å². The number of sulfonamides is 1. The highest BCUT2D eigenvalue weighted by Crippen LogP contribution is 2.31. The van der Waals surface area contributed by atoms with Crippen molar-refractivity contribution in [1.82, 2.24) is 4.47 Å². The standard InChI is InChI=1S/C14H22ClNO5S2/c1-13(2,3)12(17)21-16(9-20-14(4,5)6)23(18,19)11-10(15)7-8-22-11/h7-8H,9H2,1-6H3. The van der Waals surface area contributed by atoms with Crippen LogP contribution in [0.15, 0.2) is 15.7 Å². The molecule has 0 atom stereocenters. The predicted octanol–water partition coefficient (Wildman–Crippen LogP) is 3.67. The summed E-state index contributed by atoms with van der Waals surface area (Å²) in [7, 11) is -4.11. The summed E-state index contributed by atoms with van der Waals surface area (Å²) in [6.07, 6.45) is 0. The number of thiophene rings is 1. The van der Waals surface area contributed by atoms with E-state index in [1.54, 1.807) is 46.9 Å². The topological polar surface area (TPSA) is 72.9 Å². The van der Waals surface area contributed by atoms with Crippen LogP contribution in [-0.2, 0) is 24.4 Å². The van der Waals surface area contributed by atoms with Gasteiger partial charge in [-0.25, -0.2) is 13.2 Å². The van der Waals surface area contributed by atoms with Crippen LogP contribution in [0.5, 0.6) is 0 Å². The summed E-state index contributed by atoms with van der Waals surface area (Å²) in [5.41, 5.74) is -1.48. The van der Waals surface area contributed by atoms with E-state index in [0.717, 1.165) is 11.3 Å². The first kappa shape index (κ1) is 20.4. The molecule has 1 heterocycles. The first-order valence-corrected chi connectivity index (χ1v) is 9.57. The molecule has 0 N–H and O–H groups in total. The van der Waals surface area contributed by atoms with Crippen molar-refractivity contribution in [1.29, 1.82) is 0 Å². The number of rotatable bonds is 5. The quantitative estimate of drug-likeness (QED) is 0.573. The van der Waals surface area contributed by atoms with Crippen molar-refractivity contribution < 1.29 is 22.8 Å². The van der Waals surface area contributed by atoms with Crippen LogP contribution >= 0.6 is 22.9 Å². The number of hydrogen-bond donors (Lipinski definition) is 0. The summed E-state index contributed by atoms with van der Waals surface area (Å²) in [6, 6.07) is 1.47. The molecule has 1 rings (SSSR count). The number of halogens is 1. The van der Waals surface area contributed by atoms with E-state index in [0.29, 0.717) is 4.47 Å². The lowest BCUT2D eigenvalue weighted by Gasteiger charge is -2.27. The molecule has 0 fully saturated rings. The second-order valence-corrected chi connectivity index (χ2v) is 10.2. The third-order valence-corrected chi connectivity index (χ3v) is 6.06. The normalized spacial score (nSPS) is 13.4. The Kier molecular flexibility index (Phi) is 6.26. The Morgan fingerprint density at radius 1 is 1.26 bits per heavy atom. The molecule has 0 saturated carbocycles. The molecule has 6 nitrogen and oxygen atoms in total. The van der Waals surface area contributed by atoms with Gasteiger partial charge in [-0.1, -0.05) is 11.6 Å². The summed E-state index contributed by atoms with van der Waals surface area (Å²) in [5.74, 6) is -0.689. The van der Waals surface area contributed by atoms with E-state index in [1.165, 1.54) is 6.07 Å². The molecule has 0 radical (unpaired) electrons. The summed E-state index contributed by atoms with van der Waals surface area (Å²) >= 11 is 6.85. The molecule has 1 aromatic heterocycles. The highest BCUT2D eigenvalue weighted by Gasteiger charge is 2.36. The van der Waals surface area contributed by atoms with E-state index in [1.807, 2.05) is 0 Å². The third-order valence-electron chi connectivity index (χ3n) is 2.49. The lowest BCUT2D eigenvalue weighted by atomic mass is 9.98. The lowest BCUT2D eigenvalue weighted by molar-refractivity contribution is -0.200. The molecule has 0 aliphatic rings. The second kappa shape index (κ2) is 7.06. The van der Waals surface area contributed by atoms with E-state index >= 15 is 0 Å². The smallest absolute Gasteiger partial charge is 0.331 e. The van der Waals surface area contributed by atoms with Crippen molar-refractivity contribution in [2.45, 2.75) is 51.4 Å². The van der Waals surface area contributed by atoms with Gasteiger partial charge in [0.15, 0.2) is 10.9 Å². The SMILES string of the molecule is CC(C)(C)OCN(OC(=O)C(C)(C)C)S(=O)(=O)c1sccc1Cl. The molecule has 0 saturated heterocycles. The van der Waals surface area contributed by atoms with Crippen LogP contribution in [0.2, 0.25) is 5.02 Å². The number of ether oxygens (including phenoxy) is 1. The monoisotopic (exact) mass is 383 g/mol. The molecular formula is C14H22ClNO5S2. The highest BCUT2D eigenvalue weighted by molar-refractivity contribution is 7.91. The van der Waals surface area contributed by atoms with Gasteiger partial charge in [0.25, 0.3) is 10.0 Å². The van der Waals surface area contributed by atoms with Gasteiger partial charge in [0.1, 0.15) is 0 Å². The van der Waals surface area contributed by atoms with Gasteiger partial charge in [0.2, 0.25) is 0 Å². The number of carbonyl (C=O) groups is 1. The fourth-order valence-corrected chi connectivity index (χ4v) is 4.01. The van der Waals surface area contributed by atoms with Gasteiger partial charge < -0.3 is 9.57 Å². The van der Waals surface area contributed by atoms with Crippen molar-refractivity contribution >= 4 is 38.9 Å². The van der Waals surface area contributed by atoms with Crippen molar-refractivity contribution in [3.05, 3.63) is 16.5 Å². The predicted molar refractivity (Wildman–Crippen MR) is 89.6 cm³/mol. The maximum absolute atomic E-state index is 12.7. The number of nitrogens with zero attached hydrogens (tertiary/aromatic N) is 1. The molecule has 9 heteroatoms. The van der Waals surface area contributed by atoms with E-state index in [9.17, 15) is 13.2 Å². The maximum atomic E-state index is 12.7. The minimum absolute atomic E-state index is 0.0718. The fourth-order valence-electron chi connectivity index (χ4n) is 1.18. The van der Waals surface area contributed by atoms with Crippen LogP contribution < -0.4 is 0 Å². The summed E-state index contributed by atoms with van der Waals surface area (Å²) < 4.78 is 31.3. The van der Waals surface area contributed by atoms with Crippen LogP contribution in [0.25, 0.3) is 0 Å².